The number of rotatable bonds is 0. The average molecular weight is 307 g/mol. The summed E-state index contributed by atoms with van der Waals surface area (Å²) in [6, 6.07) is 4.10. The third-order valence-electron chi connectivity index (χ3n) is 1.68. The third-order valence-corrected chi connectivity index (χ3v) is 4.06. The van der Waals surface area contributed by atoms with Crippen molar-refractivity contribution >= 4 is 59.0 Å². The molecule has 0 aliphatic rings. The number of nitrogen functional groups attached to an aromatic ring is 1. The van der Waals surface area contributed by atoms with Crippen LogP contribution in [-0.2, 0) is 0 Å². The maximum Gasteiger partial charge on any atom is 0.0610 e. The molecular weight excluding hydrogens is 302 g/mol. The largest absolute Gasteiger partial charge is 0.397 e. The van der Waals surface area contributed by atoms with Gasteiger partial charge in [0.25, 0.3) is 0 Å². The molecular formula is C8H5Br2NS. The van der Waals surface area contributed by atoms with Gasteiger partial charge in [0, 0.05) is 14.6 Å². The number of halogens is 2. The fourth-order valence-corrected chi connectivity index (χ4v) is 3.43. The molecule has 1 aromatic heterocycles. The zero-order valence-electron chi connectivity index (χ0n) is 5.97. The molecule has 0 unspecified atom stereocenters. The van der Waals surface area contributed by atoms with Crippen molar-refractivity contribution in [3.63, 3.8) is 0 Å². The van der Waals surface area contributed by atoms with Crippen LogP contribution >= 0.6 is 43.2 Å². The highest BCUT2D eigenvalue weighted by Crippen LogP contribution is 2.37. The van der Waals surface area contributed by atoms with E-state index in [0.717, 1.165) is 14.6 Å². The molecule has 1 aromatic carbocycles. The quantitative estimate of drug-likeness (QED) is 0.731. The van der Waals surface area contributed by atoms with Gasteiger partial charge in [-0.15, -0.1) is 11.3 Å². The van der Waals surface area contributed by atoms with Crippen LogP contribution in [0, 0.1) is 0 Å². The van der Waals surface area contributed by atoms with E-state index >= 15 is 0 Å². The summed E-state index contributed by atoms with van der Waals surface area (Å²) >= 11 is 8.57. The first-order chi connectivity index (χ1) is 5.70. The van der Waals surface area contributed by atoms with E-state index in [9.17, 15) is 0 Å². The number of thiophene rings is 1. The highest BCUT2D eigenvalue weighted by Gasteiger charge is 2.06. The van der Waals surface area contributed by atoms with Crippen molar-refractivity contribution in [1.29, 1.82) is 0 Å². The van der Waals surface area contributed by atoms with Gasteiger partial charge in [0.2, 0.25) is 0 Å². The molecule has 0 atom stereocenters. The van der Waals surface area contributed by atoms with E-state index in [-0.39, 0.29) is 0 Å². The summed E-state index contributed by atoms with van der Waals surface area (Å²) in [4.78, 5) is 0. The normalized spacial score (nSPS) is 10.8. The molecule has 0 bridgehead atoms. The number of fused-ring (bicyclic) bond motifs is 1. The van der Waals surface area contributed by atoms with Crippen molar-refractivity contribution in [2.45, 2.75) is 0 Å². The highest BCUT2D eigenvalue weighted by atomic mass is 79.9. The van der Waals surface area contributed by atoms with E-state index in [1.165, 1.54) is 10.1 Å². The van der Waals surface area contributed by atoms with Gasteiger partial charge in [-0.2, -0.15) is 0 Å². The lowest BCUT2D eigenvalue weighted by molar-refractivity contribution is 1.68. The zero-order valence-corrected chi connectivity index (χ0v) is 9.96. The van der Waals surface area contributed by atoms with Crippen molar-refractivity contribution in [3.8, 4) is 0 Å². The Morgan fingerprint density at radius 3 is 2.83 bits per heavy atom. The van der Waals surface area contributed by atoms with Crippen LogP contribution < -0.4 is 5.73 Å². The fraction of sp³-hybridized carbons (Fsp3) is 0. The van der Waals surface area contributed by atoms with Crippen LogP contribution in [0.5, 0.6) is 0 Å². The summed E-state index contributed by atoms with van der Waals surface area (Å²) in [5.41, 5.74) is 6.58. The van der Waals surface area contributed by atoms with Crippen LogP contribution in [0.3, 0.4) is 0 Å². The molecule has 2 rings (SSSR count). The first-order valence-electron chi connectivity index (χ1n) is 3.31. The molecule has 0 spiro atoms. The monoisotopic (exact) mass is 305 g/mol. The molecule has 0 fully saturated rings. The molecule has 62 valence electrons. The predicted molar refractivity (Wildman–Crippen MR) is 61.6 cm³/mol. The lowest BCUT2D eigenvalue weighted by Gasteiger charge is -2.02. The molecule has 4 heteroatoms. The number of hydrogen-bond acceptors (Lipinski definition) is 2. The van der Waals surface area contributed by atoms with E-state index in [2.05, 4.69) is 43.3 Å². The molecule has 0 saturated heterocycles. The van der Waals surface area contributed by atoms with Gasteiger partial charge < -0.3 is 5.73 Å². The number of anilines is 1. The molecule has 1 heterocycles. The average Bonchev–Trinajstić information content (AvgIpc) is 2.48. The summed E-state index contributed by atoms with van der Waals surface area (Å²) in [6.07, 6.45) is 0. The fourth-order valence-electron chi connectivity index (χ4n) is 1.06. The standard InChI is InChI=1S/C8H5Br2NS/c9-5-3-6-4(1-2-12-6)7(10)8(5)11/h1-3H,11H2. The van der Waals surface area contributed by atoms with Crippen molar-refractivity contribution in [2.24, 2.45) is 0 Å². The Hall–Kier alpha value is -0.0600. The summed E-state index contributed by atoms with van der Waals surface area (Å²) < 4.78 is 3.17. The molecule has 1 nitrogen and oxygen atoms in total. The van der Waals surface area contributed by atoms with E-state index in [4.69, 9.17) is 5.73 Å². The Balaban J connectivity index is 2.94. The molecule has 0 saturated carbocycles. The summed E-state index contributed by atoms with van der Waals surface area (Å²) in [5.74, 6) is 0. The van der Waals surface area contributed by atoms with Gasteiger partial charge in [-0.1, -0.05) is 0 Å². The Morgan fingerprint density at radius 1 is 1.33 bits per heavy atom. The summed E-state index contributed by atoms with van der Waals surface area (Å²) in [5, 5.41) is 3.24. The molecule has 2 aromatic rings. The Kier molecular flexibility index (Phi) is 2.14. The number of benzene rings is 1. The maximum atomic E-state index is 5.82. The molecule has 0 radical (unpaired) electrons. The Bertz CT molecular complexity index is 436. The molecule has 0 aliphatic carbocycles. The van der Waals surface area contributed by atoms with E-state index in [0.29, 0.717) is 0 Å². The zero-order chi connectivity index (χ0) is 8.72. The second-order valence-electron chi connectivity index (χ2n) is 2.42. The van der Waals surface area contributed by atoms with E-state index < -0.39 is 0 Å². The van der Waals surface area contributed by atoms with Gasteiger partial charge in [0.1, 0.15) is 0 Å². The van der Waals surface area contributed by atoms with E-state index in [1.54, 1.807) is 11.3 Å². The van der Waals surface area contributed by atoms with Gasteiger partial charge >= 0.3 is 0 Å². The SMILES string of the molecule is Nc1c(Br)cc2sccc2c1Br. The van der Waals surface area contributed by atoms with Gasteiger partial charge in [-0.05, 0) is 49.4 Å². The minimum Gasteiger partial charge on any atom is -0.397 e. The highest BCUT2D eigenvalue weighted by molar-refractivity contribution is 9.11. The number of nitrogens with two attached hydrogens (primary N) is 1. The van der Waals surface area contributed by atoms with E-state index in [1.807, 2.05) is 6.07 Å². The van der Waals surface area contributed by atoms with Gasteiger partial charge in [0.05, 0.1) is 10.2 Å². The van der Waals surface area contributed by atoms with Crippen LogP contribution in [0.2, 0.25) is 0 Å². The molecule has 0 amide bonds. The van der Waals surface area contributed by atoms with Gasteiger partial charge in [-0.3, -0.25) is 0 Å². The molecule has 0 aliphatic heterocycles. The number of hydrogen-bond donors (Lipinski definition) is 1. The second kappa shape index (κ2) is 3.01. The van der Waals surface area contributed by atoms with Gasteiger partial charge in [0.15, 0.2) is 0 Å². The smallest absolute Gasteiger partial charge is 0.0610 e. The van der Waals surface area contributed by atoms with Crippen LogP contribution in [0.25, 0.3) is 10.1 Å². The van der Waals surface area contributed by atoms with Crippen LogP contribution in [0.15, 0.2) is 26.5 Å². The van der Waals surface area contributed by atoms with Crippen molar-refractivity contribution < 1.29 is 0 Å². The Labute approximate surface area is 90.8 Å². The van der Waals surface area contributed by atoms with Crippen molar-refractivity contribution in [3.05, 3.63) is 26.5 Å². The lowest BCUT2D eigenvalue weighted by Crippen LogP contribution is -1.87. The summed E-state index contributed by atoms with van der Waals surface area (Å²) in [7, 11) is 0. The first-order valence-corrected chi connectivity index (χ1v) is 5.77. The van der Waals surface area contributed by atoms with Gasteiger partial charge in [-0.25, -0.2) is 0 Å². The van der Waals surface area contributed by atoms with Crippen LogP contribution in [-0.4, -0.2) is 0 Å². The molecule has 12 heavy (non-hydrogen) atoms. The maximum absolute atomic E-state index is 5.82. The first kappa shape index (κ1) is 8.53. The van der Waals surface area contributed by atoms with Crippen molar-refractivity contribution in [2.75, 3.05) is 5.73 Å². The van der Waals surface area contributed by atoms with Crippen LogP contribution in [0.1, 0.15) is 0 Å². The van der Waals surface area contributed by atoms with Crippen LogP contribution in [0.4, 0.5) is 5.69 Å². The lowest BCUT2D eigenvalue weighted by atomic mass is 10.2. The third kappa shape index (κ3) is 1.18. The molecule has 2 N–H and O–H groups in total. The predicted octanol–water partition coefficient (Wildman–Crippen LogP) is 4.01. The van der Waals surface area contributed by atoms with Crippen molar-refractivity contribution in [1.82, 2.24) is 0 Å². The summed E-state index contributed by atoms with van der Waals surface area (Å²) in [6.45, 7) is 0. The second-order valence-corrected chi connectivity index (χ2v) is 5.01. The Morgan fingerprint density at radius 2 is 2.08 bits per heavy atom. The topological polar surface area (TPSA) is 26.0 Å². The minimum atomic E-state index is 0.765. The minimum absolute atomic E-state index is 0.765.